The average molecular weight is 195 g/mol. The van der Waals surface area contributed by atoms with E-state index in [1.165, 1.54) is 7.11 Å². The van der Waals surface area contributed by atoms with E-state index >= 15 is 0 Å². The molecule has 0 heterocycles. The molecule has 0 aliphatic rings. The van der Waals surface area contributed by atoms with Crippen molar-refractivity contribution in [1.82, 2.24) is 0 Å². The number of hydrogen-bond acceptors (Lipinski definition) is 3. The number of nitrogens with two attached hydrogens (primary N) is 1. The van der Waals surface area contributed by atoms with Crippen LogP contribution in [0.5, 0.6) is 11.5 Å². The van der Waals surface area contributed by atoms with Crippen LogP contribution in [0.4, 0.5) is 0 Å². The van der Waals surface area contributed by atoms with Crippen molar-refractivity contribution in [3.05, 3.63) is 23.8 Å². The van der Waals surface area contributed by atoms with Crippen molar-refractivity contribution in [1.29, 1.82) is 0 Å². The van der Waals surface area contributed by atoms with Crippen LogP contribution < -0.4 is 10.5 Å². The summed E-state index contributed by atoms with van der Waals surface area (Å²) in [6.07, 6.45) is 1.81. The smallest absolute Gasteiger partial charge is 0.160 e. The maximum Gasteiger partial charge on any atom is 0.160 e. The number of phenolic OH excluding ortho intramolecular Hbond substituents is 1. The summed E-state index contributed by atoms with van der Waals surface area (Å²) in [6, 6.07) is 5.63. The number of aryl methyl sites for hydroxylation is 1. The molecule has 0 amide bonds. The predicted octanol–water partition coefficient (Wildman–Crippen LogP) is 1.68. The fourth-order valence-electron chi connectivity index (χ4n) is 1.29. The Kier molecular flexibility index (Phi) is 3.77. The van der Waals surface area contributed by atoms with Crippen LogP contribution in [0.15, 0.2) is 18.2 Å². The molecule has 1 aromatic rings. The van der Waals surface area contributed by atoms with E-state index in [4.69, 9.17) is 10.5 Å². The number of aromatic hydroxyl groups is 1. The summed E-state index contributed by atoms with van der Waals surface area (Å²) in [4.78, 5) is 0. The number of phenols is 1. The molecule has 0 aliphatic heterocycles. The minimum atomic E-state index is 0.190. The normalized spacial score (nSPS) is 12.5. The van der Waals surface area contributed by atoms with Gasteiger partial charge in [0.2, 0.25) is 0 Å². The average Bonchev–Trinajstić information content (AvgIpc) is 2.15. The Labute approximate surface area is 84.5 Å². The Morgan fingerprint density at radius 3 is 2.71 bits per heavy atom. The summed E-state index contributed by atoms with van der Waals surface area (Å²) in [5.74, 6) is 0.698. The molecule has 0 bridgehead atoms. The van der Waals surface area contributed by atoms with Gasteiger partial charge in [-0.2, -0.15) is 0 Å². The second-order valence-corrected chi connectivity index (χ2v) is 3.52. The van der Waals surface area contributed by atoms with E-state index < -0.39 is 0 Å². The third-order valence-electron chi connectivity index (χ3n) is 2.13. The maximum atomic E-state index is 9.50. The number of ether oxygens (including phenoxy) is 1. The second kappa shape index (κ2) is 4.86. The molecule has 1 atom stereocenters. The van der Waals surface area contributed by atoms with Gasteiger partial charge in [0, 0.05) is 6.04 Å². The van der Waals surface area contributed by atoms with Crippen LogP contribution in [0.2, 0.25) is 0 Å². The lowest BCUT2D eigenvalue weighted by Crippen LogP contribution is -2.15. The van der Waals surface area contributed by atoms with Gasteiger partial charge in [-0.05, 0) is 37.5 Å². The standard InChI is InChI=1S/C11H17NO2/c1-8(12)3-4-9-5-6-11(14-2)10(13)7-9/h5-8,13H,3-4,12H2,1-2H3/t8-/m1/s1. The van der Waals surface area contributed by atoms with E-state index in [1.807, 2.05) is 13.0 Å². The lowest BCUT2D eigenvalue weighted by molar-refractivity contribution is 0.373. The van der Waals surface area contributed by atoms with E-state index in [0.717, 1.165) is 18.4 Å². The number of benzene rings is 1. The highest BCUT2D eigenvalue weighted by molar-refractivity contribution is 5.41. The first-order valence-electron chi connectivity index (χ1n) is 4.75. The van der Waals surface area contributed by atoms with E-state index in [0.29, 0.717) is 5.75 Å². The van der Waals surface area contributed by atoms with Crippen molar-refractivity contribution in [2.75, 3.05) is 7.11 Å². The van der Waals surface area contributed by atoms with Crippen LogP contribution in [-0.2, 0) is 6.42 Å². The maximum absolute atomic E-state index is 9.50. The van der Waals surface area contributed by atoms with Crippen molar-refractivity contribution in [2.24, 2.45) is 5.73 Å². The van der Waals surface area contributed by atoms with E-state index in [9.17, 15) is 5.11 Å². The zero-order valence-corrected chi connectivity index (χ0v) is 8.66. The first-order valence-corrected chi connectivity index (χ1v) is 4.75. The SMILES string of the molecule is COc1ccc(CC[C@@H](C)N)cc1O. The topological polar surface area (TPSA) is 55.5 Å². The van der Waals surface area contributed by atoms with Gasteiger partial charge in [-0.3, -0.25) is 0 Å². The van der Waals surface area contributed by atoms with Gasteiger partial charge in [0.05, 0.1) is 7.11 Å². The third-order valence-corrected chi connectivity index (χ3v) is 2.13. The van der Waals surface area contributed by atoms with Crippen LogP contribution >= 0.6 is 0 Å². The molecule has 0 unspecified atom stereocenters. The Morgan fingerprint density at radius 1 is 1.50 bits per heavy atom. The molecule has 3 heteroatoms. The van der Waals surface area contributed by atoms with Crippen molar-refractivity contribution < 1.29 is 9.84 Å². The lowest BCUT2D eigenvalue weighted by Gasteiger charge is -2.07. The molecule has 0 radical (unpaired) electrons. The van der Waals surface area contributed by atoms with E-state index in [1.54, 1.807) is 12.1 Å². The molecule has 1 aromatic carbocycles. The molecule has 3 N–H and O–H groups in total. The molecule has 78 valence electrons. The molecule has 1 rings (SSSR count). The largest absolute Gasteiger partial charge is 0.504 e. The van der Waals surface area contributed by atoms with Crippen LogP contribution in [-0.4, -0.2) is 18.3 Å². The van der Waals surface area contributed by atoms with Crippen molar-refractivity contribution in [3.8, 4) is 11.5 Å². The quantitative estimate of drug-likeness (QED) is 0.768. The fourth-order valence-corrected chi connectivity index (χ4v) is 1.29. The van der Waals surface area contributed by atoms with Gasteiger partial charge >= 0.3 is 0 Å². The van der Waals surface area contributed by atoms with Gasteiger partial charge in [-0.1, -0.05) is 6.07 Å². The highest BCUT2D eigenvalue weighted by Crippen LogP contribution is 2.26. The number of rotatable bonds is 4. The highest BCUT2D eigenvalue weighted by Gasteiger charge is 2.03. The Hall–Kier alpha value is -1.22. The first kappa shape index (κ1) is 10.9. The second-order valence-electron chi connectivity index (χ2n) is 3.52. The zero-order chi connectivity index (χ0) is 10.6. The molecular weight excluding hydrogens is 178 g/mol. The molecule has 0 saturated heterocycles. The third kappa shape index (κ3) is 2.92. The van der Waals surface area contributed by atoms with E-state index in [-0.39, 0.29) is 11.8 Å². The van der Waals surface area contributed by atoms with Crippen LogP contribution in [0.1, 0.15) is 18.9 Å². The summed E-state index contributed by atoms with van der Waals surface area (Å²) >= 11 is 0. The van der Waals surface area contributed by atoms with Crippen molar-refractivity contribution in [2.45, 2.75) is 25.8 Å². The molecule has 0 aliphatic carbocycles. The van der Waals surface area contributed by atoms with Gasteiger partial charge in [0.15, 0.2) is 11.5 Å². The highest BCUT2D eigenvalue weighted by atomic mass is 16.5. The van der Waals surface area contributed by atoms with Gasteiger partial charge in [0.25, 0.3) is 0 Å². The van der Waals surface area contributed by atoms with Crippen molar-refractivity contribution >= 4 is 0 Å². The van der Waals surface area contributed by atoms with E-state index in [2.05, 4.69) is 0 Å². The van der Waals surface area contributed by atoms with Crippen molar-refractivity contribution in [3.63, 3.8) is 0 Å². The molecule has 0 saturated carbocycles. The minimum Gasteiger partial charge on any atom is -0.504 e. The van der Waals surface area contributed by atoms with Gasteiger partial charge in [0.1, 0.15) is 0 Å². The zero-order valence-electron chi connectivity index (χ0n) is 8.66. The Bertz CT molecular complexity index is 297. The van der Waals surface area contributed by atoms with Gasteiger partial charge < -0.3 is 15.6 Å². The lowest BCUT2D eigenvalue weighted by atomic mass is 10.1. The summed E-state index contributed by atoms with van der Waals surface area (Å²) in [6.45, 7) is 1.98. The fraction of sp³-hybridized carbons (Fsp3) is 0.455. The number of hydrogen-bond donors (Lipinski definition) is 2. The van der Waals surface area contributed by atoms with Gasteiger partial charge in [-0.25, -0.2) is 0 Å². The van der Waals surface area contributed by atoms with Gasteiger partial charge in [-0.15, -0.1) is 0 Å². The van der Waals surface area contributed by atoms with Crippen LogP contribution in [0.3, 0.4) is 0 Å². The first-order chi connectivity index (χ1) is 6.63. The molecule has 0 fully saturated rings. The minimum absolute atomic E-state index is 0.190. The molecule has 0 aromatic heterocycles. The Morgan fingerprint density at radius 2 is 2.21 bits per heavy atom. The van der Waals surface area contributed by atoms with Crippen LogP contribution in [0.25, 0.3) is 0 Å². The monoisotopic (exact) mass is 195 g/mol. The molecule has 14 heavy (non-hydrogen) atoms. The molecular formula is C11H17NO2. The molecule has 3 nitrogen and oxygen atoms in total. The summed E-state index contributed by atoms with van der Waals surface area (Å²) in [7, 11) is 1.54. The summed E-state index contributed by atoms with van der Waals surface area (Å²) in [5, 5.41) is 9.50. The predicted molar refractivity (Wildman–Crippen MR) is 56.6 cm³/mol. The van der Waals surface area contributed by atoms with Crippen LogP contribution in [0, 0.1) is 0 Å². The summed E-state index contributed by atoms with van der Waals surface area (Å²) in [5.41, 5.74) is 6.73. The number of methoxy groups -OCH3 is 1. The summed E-state index contributed by atoms with van der Waals surface area (Å²) < 4.78 is 4.95. The Balaban J connectivity index is 2.66. The molecule has 0 spiro atoms.